The number of nitrogen functional groups attached to an aromatic ring is 1. The highest BCUT2D eigenvalue weighted by atomic mass is 32.1. The van der Waals surface area contributed by atoms with Crippen LogP contribution in [0.15, 0.2) is 30.5 Å². The van der Waals surface area contributed by atoms with Crippen molar-refractivity contribution in [1.29, 1.82) is 0 Å². The van der Waals surface area contributed by atoms with E-state index in [-0.39, 0.29) is 0 Å². The van der Waals surface area contributed by atoms with Crippen LogP contribution in [0, 0.1) is 6.92 Å². The third kappa shape index (κ3) is 2.14. The van der Waals surface area contributed by atoms with Crippen molar-refractivity contribution in [3.63, 3.8) is 0 Å². The summed E-state index contributed by atoms with van der Waals surface area (Å²) in [5.41, 5.74) is 8.71. The van der Waals surface area contributed by atoms with Crippen molar-refractivity contribution in [3.8, 4) is 27.6 Å². The first-order valence-corrected chi connectivity index (χ1v) is 6.91. The number of nitrogens with one attached hydrogen (secondary N) is 1. The third-order valence-corrected chi connectivity index (χ3v) is 4.06. The average Bonchev–Trinajstić information content (AvgIpc) is 3.05. The Labute approximate surface area is 120 Å². The van der Waals surface area contributed by atoms with E-state index < -0.39 is 0 Å². The molecule has 0 radical (unpaired) electrons. The molecule has 0 aliphatic heterocycles. The van der Waals surface area contributed by atoms with Crippen molar-refractivity contribution in [1.82, 2.24) is 15.2 Å². The van der Waals surface area contributed by atoms with Crippen LogP contribution >= 0.6 is 11.3 Å². The second kappa shape index (κ2) is 4.97. The molecule has 3 aromatic rings. The summed E-state index contributed by atoms with van der Waals surface area (Å²) in [5.74, 6) is 1.38. The van der Waals surface area contributed by atoms with Gasteiger partial charge in [-0.05, 0) is 31.2 Å². The summed E-state index contributed by atoms with van der Waals surface area (Å²) < 4.78 is 5.17. The number of methoxy groups -OCH3 is 1. The van der Waals surface area contributed by atoms with Gasteiger partial charge in [0.05, 0.1) is 24.6 Å². The summed E-state index contributed by atoms with van der Waals surface area (Å²) in [6, 6.07) is 7.87. The average molecular weight is 286 g/mol. The molecule has 0 atom stereocenters. The van der Waals surface area contributed by atoms with Crippen LogP contribution in [0.5, 0.6) is 5.75 Å². The van der Waals surface area contributed by atoms with Gasteiger partial charge in [-0.1, -0.05) is 0 Å². The van der Waals surface area contributed by atoms with Crippen molar-refractivity contribution in [2.75, 3.05) is 12.8 Å². The van der Waals surface area contributed by atoms with Crippen LogP contribution in [0.2, 0.25) is 0 Å². The Bertz CT molecular complexity index is 730. The number of hydrogen-bond donors (Lipinski definition) is 2. The van der Waals surface area contributed by atoms with Crippen LogP contribution in [-0.4, -0.2) is 22.3 Å². The maximum absolute atomic E-state index is 5.84. The Morgan fingerprint density at radius 1 is 1.25 bits per heavy atom. The first-order chi connectivity index (χ1) is 9.69. The number of H-pyrrole nitrogens is 1. The SMILES string of the molecule is COc1ccc(-c2nc(-c3cn[nH]c3N)sc2C)cc1. The molecular formula is C14H14N4OS. The minimum Gasteiger partial charge on any atom is -0.497 e. The van der Waals surface area contributed by atoms with Gasteiger partial charge in [-0.25, -0.2) is 4.98 Å². The number of hydrogen-bond acceptors (Lipinski definition) is 5. The highest BCUT2D eigenvalue weighted by Crippen LogP contribution is 2.35. The Hall–Kier alpha value is -2.34. The molecule has 3 N–H and O–H groups in total. The first-order valence-electron chi connectivity index (χ1n) is 6.10. The Kier molecular flexibility index (Phi) is 3.15. The number of rotatable bonds is 3. The molecule has 0 fully saturated rings. The highest BCUT2D eigenvalue weighted by molar-refractivity contribution is 7.15. The summed E-state index contributed by atoms with van der Waals surface area (Å²) in [4.78, 5) is 5.82. The molecule has 6 heteroatoms. The predicted molar refractivity (Wildman–Crippen MR) is 80.8 cm³/mol. The lowest BCUT2D eigenvalue weighted by Gasteiger charge is -2.01. The number of aromatic amines is 1. The van der Waals surface area contributed by atoms with Crippen molar-refractivity contribution in [3.05, 3.63) is 35.3 Å². The number of nitrogens with two attached hydrogens (primary N) is 1. The quantitative estimate of drug-likeness (QED) is 0.775. The highest BCUT2D eigenvalue weighted by Gasteiger charge is 2.14. The lowest BCUT2D eigenvalue weighted by Crippen LogP contribution is -1.87. The Balaban J connectivity index is 2.02. The zero-order chi connectivity index (χ0) is 14.1. The van der Waals surface area contributed by atoms with Crippen molar-refractivity contribution < 1.29 is 4.74 Å². The number of thiazole rings is 1. The molecule has 0 saturated carbocycles. The van der Waals surface area contributed by atoms with Crippen LogP contribution in [0.3, 0.4) is 0 Å². The molecule has 0 aliphatic carbocycles. The van der Waals surface area contributed by atoms with Gasteiger partial charge < -0.3 is 10.5 Å². The largest absolute Gasteiger partial charge is 0.497 e. The molecule has 0 bridgehead atoms. The molecule has 1 aromatic carbocycles. The van der Waals surface area contributed by atoms with Crippen LogP contribution < -0.4 is 10.5 Å². The van der Waals surface area contributed by atoms with Crippen molar-refractivity contribution in [2.45, 2.75) is 6.92 Å². The molecule has 5 nitrogen and oxygen atoms in total. The van der Waals surface area contributed by atoms with Gasteiger partial charge in [0.1, 0.15) is 16.6 Å². The molecule has 3 rings (SSSR count). The number of anilines is 1. The number of nitrogens with zero attached hydrogens (tertiary/aromatic N) is 2. The van der Waals surface area contributed by atoms with Crippen LogP contribution in [0.1, 0.15) is 4.88 Å². The fraction of sp³-hybridized carbons (Fsp3) is 0.143. The summed E-state index contributed by atoms with van der Waals surface area (Å²) in [6.45, 7) is 2.05. The molecule has 2 heterocycles. The van der Waals surface area contributed by atoms with E-state index in [1.165, 1.54) is 0 Å². The summed E-state index contributed by atoms with van der Waals surface area (Å²) in [6.07, 6.45) is 1.70. The second-order valence-corrected chi connectivity index (χ2v) is 5.55. The Morgan fingerprint density at radius 3 is 2.60 bits per heavy atom. The molecule has 0 spiro atoms. The molecule has 0 aliphatic rings. The van der Waals surface area contributed by atoms with Gasteiger partial charge in [-0.3, -0.25) is 5.10 Å². The van der Waals surface area contributed by atoms with E-state index in [0.717, 1.165) is 32.5 Å². The van der Waals surface area contributed by atoms with Crippen molar-refractivity contribution in [2.24, 2.45) is 0 Å². The van der Waals surface area contributed by atoms with Crippen LogP contribution in [0.25, 0.3) is 21.8 Å². The fourth-order valence-corrected chi connectivity index (χ4v) is 2.95. The first kappa shape index (κ1) is 12.7. The predicted octanol–water partition coefficient (Wildman–Crippen LogP) is 3.10. The maximum Gasteiger partial charge on any atom is 0.129 e. The summed E-state index contributed by atoms with van der Waals surface area (Å²) in [7, 11) is 1.66. The summed E-state index contributed by atoms with van der Waals surface area (Å²) >= 11 is 1.61. The molecular weight excluding hydrogens is 272 g/mol. The van der Waals surface area contributed by atoms with E-state index in [0.29, 0.717) is 5.82 Å². The standard InChI is InChI=1S/C14H14N4OS/c1-8-12(9-3-5-10(19-2)6-4-9)17-14(20-8)11-7-16-18-13(11)15/h3-7H,1-2H3,(H3,15,16,18). The lowest BCUT2D eigenvalue weighted by molar-refractivity contribution is 0.415. The van der Waals surface area contributed by atoms with E-state index in [1.54, 1.807) is 24.6 Å². The van der Waals surface area contributed by atoms with Gasteiger partial charge in [0, 0.05) is 10.4 Å². The van der Waals surface area contributed by atoms with Gasteiger partial charge in [0.15, 0.2) is 0 Å². The number of aryl methyl sites for hydroxylation is 1. The van der Waals surface area contributed by atoms with E-state index >= 15 is 0 Å². The number of benzene rings is 1. The van der Waals surface area contributed by atoms with Gasteiger partial charge >= 0.3 is 0 Å². The van der Waals surface area contributed by atoms with Crippen LogP contribution in [-0.2, 0) is 0 Å². The van der Waals surface area contributed by atoms with E-state index in [1.807, 2.05) is 24.3 Å². The van der Waals surface area contributed by atoms with Gasteiger partial charge in [0.25, 0.3) is 0 Å². The molecule has 0 unspecified atom stereocenters. The monoisotopic (exact) mass is 286 g/mol. The number of ether oxygens (including phenoxy) is 1. The normalized spacial score (nSPS) is 10.7. The van der Waals surface area contributed by atoms with Gasteiger partial charge in [-0.15, -0.1) is 11.3 Å². The Morgan fingerprint density at radius 2 is 2.00 bits per heavy atom. The topological polar surface area (TPSA) is 76.8 Å². The smallest absolute Gasteiger partial charge is 0.129 e. The minimum atomic E-state index is 0.542. The zero-order valence-corrected chi connectivity index (χ0v) is 12.0. The third-order valence-electron chi connectivity index (χ3n) is 3.06. The molecule has 2 aromatic heterocycles. The maximum atomic E-state index is 5.84. The zero-order valence-electron chi connectivity index (χ0n) is 11.2. The molecule has 0 amide bonds. The minimum absolute atomic E-state index is 0.542. The molecule has 0 saturated heterocycles. The summed E-state index contributed by atoms with van der Waals surface area (Å²) in [5, 5.41) is 7.54. The van der Waals surface area contributed by atoms with E-state index in [2.05, 4.69) is 22.1 Å². The van der Waals surface area contributed by atoms with E-state index in [9.17, 15) is 0 Å². The van der Waals surface area contributed by atoms with Gasteiger partial charge in [-0.2, -0.15) is 5.10 Å². The molecule has 20 heavy (non-hydrogen) atoms. The van der Waals surface area contributed by atoms with E-state index in [4.69, 9.17) is 10.5 Å². The van der Waals surface area contributed by atoms with Crippen molar-refractivity contribution >= 4 is 17.2 Å². The van der Waals surface area contributed by atoms with Crippen LogP contribution in [0.4, 0.5) is 5.82 Å². The lowest BCUT2D eigenvalue weighted by atomic mass is 10.1. The fourth-order valence-electron chi connectivity index (χ4n) is 1.99. The van der Waals surface area contributed by atoms with Gasteiger partial charge in [0.2, 0.25) is 0 Å². The number of aromatic nitrogens is 3. The molecule has 102 valence electrons. The second-order valence-electron chi connectivity index (χ2n) is 4.35.